The van der Waals surface area contributed by atoms with Crippen molar-refractivity contribution in [3.8, 4) is 0 Å². The van der Waals surface area contributed by atoms with Gasteiger partial charge in [0.25, 0.3) is 0 Å². The number of nitrogens with two attached hydrogens (primary N) is 1. The van der Waals surface area contributed by atoms with Crippen molar-refractivity contribution in [1.29, 1.82) is 0 Å². The second-order valence-electron chi connectivity index (χ2n) is 8.65. The van der Waals surface area contributed by atoms with Gasteiger partial charge in [-0.25, -0.2) is 4.79 Å². The van der Waals surface area contributed by atoms with Crippen LogP contribution in [0.4, 0.5) is 0 Å². The van der Waals surface area contributed by atoms with Crippen LogP contribution in [0.2, 0.25) is 0 Å². The lowest BCUT2D eigenvalue weighted by Crippen LogP contribution is -2.58. The third-order valence-corrected chi connectivity index (χ3v) is 5.13. The van der Waals surface area contributed by atoms with Crippen LogP contribution in [0.5, 0.6) is 0 Å². The highest BCUT2D eigenvalue weighted by atomic mass is 16.4. The second kappa shape index (κ2) is 11.6. The topological polar surface area (TPSA) is 179 Å². The zero-order chi connectivity index (χ0) is 23.9. The van der Waals surface area contributed by atoms with Gasteiger partial charge in [-0.05, 0) is 31.1 Å². The van der Waals surface area contributed by atoms with E-state index in [1.807, 2.05) is 13.8 Å². The molecule has 31 heavy (non-hydrogen) atoms. The monoisotopic (exact) mass is 442 g/mol. The summed E-state index contributed by atoms with van der Waals surface area (Å²) in [5.74, 6) is -4.75. The second-order valence-corrected chi connectivity index (χ2v) is 8.65. The number of likely N-dealkylation sites (tertiary alicyclic amines) is 1. The molecule has 1 rings (SSSR count). The number of carbonyl (C=O) groups is 5. The summed E-state index contributed by atoms with van der Waals surface area (Å²) >= 11 is 0. The molecule has 1 aliphatic rings. The molecule has 0 aromatic carbocycles. The van der Waals surface area contributed by atoms with Crippen molar-refractivity contribution in [3.63, 3.8) is 0 Å². The molecule has 0 radical (unpaired) electrons. The number of hydrogen-bond donors (Lipinski definition) is 5. The minimum absolute atomic E-state index is 0.123. The summed E-state index contributed by atoms with van der Waals surface area (Å²) in [6.07, 6.45) is 0.524. The molecule has 1 fully saturated rings. The maximum absolute atomic E-state index is 13.0. The lowest BCUT2D eigenvalue weighted by atomic mass is 10.0. The Morgan fingerprint density at radius 3 is 2.13 bits per heavy atom. The molecule has 0 unspecified atom stereocenters. The number of carbonyl (C=O) groups excluding carboxylic acids is 3. The number of amides is 3. The molecule has 0 bridgehead atoms. The Morgan fingerprint density at radius 2 is 1.65 bits per heavy atom. The maximum Gasteiger partial charge on any atom is 0.326 e. The SMILES string of the molecule is CC(C)C[C@H](N)C(=O)N[C@@H](CC(=O)O)C(=O)N[C@H](C(=O)N1CCC[C@H]1C(=O)O)C(C)C. The van der Waals surface area contributed by atoms with E-state index in [4.69, 9.17) is 10.8 Å². The number of nitrogens with zero attached hydrogens (tertiary/aromatic N) is 1. The first-order valence-corrected chi connectivity index (χ1v) is 10.5. The first kappa shape index (κ1) is 26.3. The van der Waals surface area contributed by atoms with Crippen LogP contribution < -0.4 is 16.4 Å². The minimum Gasteiger partial charge on any atom is -0.481 e. The van der Waals surface area contributed by atoms with Crippen molar-refractivity contribution >= 4 is 29.7 Å². The molecule has 0 aliphatic carbocycles. The average Bonchev–Trinajstić information content (AvgIpc) is 3.13. The molecule has 1 heterocycles. The number of rotatable bonds is 11. The summed E-state index contributed by atoms with van der Waals surface area (Å²) in [5, 5.41) is 23.3. The van der Waals surface area contributed by atoms with E-state index in [1.54, 1.807) is 13.8 Å². The third kappa shape index (κ3) is 7.82. The van der Waals surface area contributed by atoms with Gasteiger partial charge in [0.1, 0.15) is 18.1 Å². The van der Waals surface area contributed by atoms with Crippen molar-refractivity contribution in [3.05, 3.63) is 0 Å². The highest BCUT2D eigenvalue weighted by Gasteiger charge is 2.39. The zero-order valence-corrected chi connectivity index (χ0v) is 18.5. The summed E-state index contributed by atoms with van der Waals surface area (Å²) in [6.45, 7) is 7.36. The predicted molar refractivity (Wildman–Crippen MR) is 111 cm³/mol. The van der Waals surface area contributed by atoms with Gasteiger partial charge in [0, 0.05) is 6.54 Å². The lowest BCUT2D eigenvalue weighted by molar-refractivity contribution is -0.150. The van der Waals surface area contributed by atoms with Gasteiger partial charge in [0.15, 0.2) is 0 Å². The van der Waals surface area contributed by atoms with E-state index in [1.165, 1.54) is 4.90 Å². The first-order chi connectivity index (χ1) is 14.3. The Bertz CT molecular complexity index is 695. The highest BCUT2D eigenvalue weighted by molar-refractivity contribution is 5.95. The minimum atomic E-state index is -1.42. The van der Waals surface area contributed by atoms with Crippen LogP contribution in [0.1, 0.15) is 53.4 Å². The predicted octanol–water partition coefficient (Wildman–Crippen LogP) is -0.464. The molecule has 1 saturated heterocycles. The smallest absolute Gasteiger partial charge is 0.326 e. The number of carboxylic acid groups (broad SMARTS) is 2. The van der Waals surface area contributed by atoms with Crippen LogP contribution in [-0.4, -0.2) is 75.5 Å². The van der Waals surface area contributed by atoms with E-state index in [0.29, 0.717) is 19.3 Å². The van der Waals surface area contributed by atoms with Crippen LogP contribution in [0.3, 0.4) is 0 Å². The van der Waals surface area contributed by atoms with Gasteiger partial charge in [-0.3, -0.25) is 19.2 Å². The van der Waals surface area contributed by atoms with Crippen LogP contribution in [0, 0.1) is 11.8 Å². The first-order valence-electron chi connectivity index (χ1n) is 10.5. The number of hydrogen-bond acceptors (Lipinski definition) is 6. The molecule has 0 saturated carbocycles. The van der Waals surface area contributed by atoms with Crippen molar-refractivity contribution in [2.45, 2.75) is 77.5 Å². The Hall–Kier alpha value is -2.69. The molecule has 0 aromatic rings. The van der Waals surface area contributed by atoms with E-state index in [9.17, 15) is 29.1 Å². The van der Waals surface area contributed by atoms with E-state index >= 15 is 0 Å². The Morgan fingerprint density at radius 1 is 1.03 bits per heavy atom. The summed E-state index contributed by atoms with van der Waals surface area (Å²) in [4.78, 5) is 61.9. The van der Waals surface area contributed by atoms with Crippen molar-refractivity contribution in [1.82, 2.24) is 15.5 Å². The van der Waals surface area contributed by atoms with Gasteiger partial charge in [-0.1, -0.05) is 27.7 Å². The van der Waals surface area contributed by atoms with Crippen LogP contribution in [0.25, 0.3) is 0 Å². The Labute approximate surface area is 181 Å². The van der Waals surface area contributed by atoms with Crippen molar-refractivity contribution < 1.29 is 34.2 Å². The van der Waals surface area contributed by atoms with Gasteiger partial charge < -0.3 is 31.5 Å². The number of aliphatic carboxylic acids is 2. The molecule has 11 heteroatoms. The average molecular weight is 443 g/mol. The van der Waals surface area contributed by atoms with Crippen LogP contribution in [-0.2, 0) is 24.0 Å². The zero-order valence-electron chi connectivity index (χ0n) is 18.5. The molecule has 6 N–H and O–H groups in total. The summed E-state index contributed by atoms with van der Waals surface area (Å²) in [5.41, 5.74) is 5.81. The molecule has 3 amide bonds. The Kier molecular flexibility index (Phi) is 9.89. The molecule has 0 aromatic heterocycles. The maximum atomic E-state index is 13.0. The van der Waals surface area contributed by atoms with Gasteiger partial charge in [0.05, 0.1) is 12.5 Å². The van der Waals surface area contributed by atoms with Gasteiger partial charge in [0.2, 0.25) is 17.7 Å². The van der Waals surface area contributed by atoms with E-state index in [-0.39, 0.29) is 12.5 Å². The summed E-state index contributed by atoms with van der Waals surface area (Å²) < 4.78 is 0. The standard InChI is InChI=1S/C20H34N4O7/c1-10(2)8-12(21)17(27)22-13(9-15(25)26)18(28)23-16(11(3)4)19(29)24-7-5-6-14(24)20(30)31/h10-14,16H,5-9,21H2,1-4H3,(H,22,27)(H,23,28)(H,25,26)(H,30,31)/t12-,13-,14-,16-/m0/s1. The van der Waals surface area contributed by atoms with E-state index in [0.717, 1.165) is 0 Å². The molecular formula is C20H34N4O7. The normalized spacial score (nSPS) is 19.1. The van der Waals surface area contributed by atoms with Crippen LogP contribution in [0.15, 0.2) is 0 Å². The largest absolute Gasteiger partial charge is 0.481 e. The van der Waals surface area contributed by atoms with Crippen molar-refractivity contribution in [2.75, 3.05) is 6.54 Å². The quantitative estimate of drug-likeness (QED) is 0.285. The number of nitrogens with one attached hydrogen (secondary N) is 2. The van der Waals surface area contributed by atoms with E-state index in [2.05, 4.69) is 10.6 Å². The van der Waals surface area contributed by atoms with Gasteiger partial charge in [-0.2, -0.15) is 0 Å². The molecule has 176 valence electrons. The molecule has 0 spiro atoms. The molecule has 11 nitrogen and oxygen atoms in total. The summed E-state index contributed by atoms with van der Waals surface area (Å²) in [6, 6.07) is -4.36. The fourth-order valence-electron chi connectivity index (χ4n) is 3.51. The van der Waals surface area contributed by atoms with Crippen molar-refractivity contribution in [2.24, 2.45) is 17.6 Å². The fraction of sp³-hybridized carbons (Fsp3) is 0.750. The molecule has 4 atom stereocenters. The third-order valence-electron chi connectivity index (χ3n) is 5.13. The van der Waals surface area contributed by atoms with E-state index < -0.39 is 66.2 Å². The van der Waals surface area contributed by atoms with Gasteiger partial charge >= 0.3 is 11.9 Å². The van der Waals surface area contributed by atoms with Gasteiger partial charge in [-0.15, -0.1) is 0 Å². The Balaban J connectivity index is 2.96. The number of carboxylic acids is 2. The fourth-order valence-corrected chi connectivity index (χ4v) is 3.51. The molecular weight excluding hydrogens is 408 g/mol. The summed E-state index contributed by atoms with van der Waals surface area (Å²) in [7, 11) is 0. The highest BCUT2D eigenvalue weighted by Crippen LogP contribution is 2.20. The molecule has 1 aliphatic heterocycles. The van der Waals surface area contributed by atoms with Crippen LogP contribution >= 0.6 is 0 Å². The lowest BCUT2D eigenvalue weighted by Gasteiger charge is -2.30.